The Labute approximate surface area is 189 Å². The number of hydrogen-bond acceptors (Lipinski definition) is 8. The van der Waals surface area contributed by atoms with Crippen molar-refractivity contribution < 1.29 is 27.6 Å². The van der Waals surface area contributed by atoms with Crippen LogP contribution in [0, 0.1) is 0 Å². The zero-order valence-corrected chi connectivity index (χ0v) is 18.5. The number of aliphatic hydroxyl groups excluding tert-OH is 1. The molecule has 0 saturated carbocycles. The molecule has 1 saturated heterocycles. The average molecular weight is 478 g/mol. The molecule has 168 valence electrons. The number of benzene rings is 1. The van der Waals surface area contributed by atoms with Crippen molar-refractivity contribution in [1.82, 2.24) is 15.0 Å². The number of ether oxygens (including phenoxy) is 1. The number of halogens is 1. The van der Waals surface area contributed by atoms with Crippen molar-refractivity contribution in [3.63, 3.8) is 0 Å². The topological polar surface area (TPSA) is 123 Å². The second-order valence-electron chi connectivity index (χ2n) is 7.22. The van der Waals surface area contributed by atoms with Gasteiger partial charge >= 0.3 is 0 Å². The van der Waals surface area contributed by atoms with E-state index in [1.54, 1.807) is 36.4 Å². The van der Waals surface area contributed by atoms with Crippen LogP contribution in [0.4, 0.5) is 0 Å². The van der Waals surface area contributed by atoms with E-state index in [9.17, 15) is 18.3 Å². The molecule has 2 aromatic heterocycles. The number of sulfone groups is 1. The summed E-state index contributed by atoms with van der Waals surface area (Å²) in [6, 6.07) is 10.2. The third kappa shape index (κ3) is 4.93. The predicted molar refractivity (Wildman–Crippen MR) is 116 cm³/mol. The van der Waals surface area contributed by atoms with Crippen LogP contribution in [0.2, 0.25) is 5.02 Å². The van der Waals surface area contributed by atoms with Gasteiger partial charge in [-0.3, -0.25) is 4.79 Å². The molecule has 1 aromatic carbocycles. The molecule has 1 aliphatic rings. The molecule has 0 bridgehead atoms. The van der Waals surface area contributed by atoms with Gasteiger partial charge < -0.3 is 19.3 Å². The first-order chi connectivity index (χ1) is 15.4. The summed E-state index contributed by atoms with van der Waals surface area (Å²) in [6.07, 6.45) is 1.39. The second-order valence-corrected chi connectivity index (χ2v) is 9.96. The molecule has 32 heavy (non-hydrogen) atoms. The first-order valence-electron chi connectivity index (χ1n) is 9.79. The van der Waals surface area contributed by atoms with Crippen LogP contribution in [0.25, 0.3) is 11.3 Å². The number of amides is 1. The highest BCUT2D eigenvalue weighted by molar-refractivity contribution is 7.91. The van der Waals surface area contributed by atoms with Crippen LogP contribution in [0.5, 0.6) is 5.88 Å². The maximum atomic E-state index is 12.6. The highest BCUT2D eigenvalue weighted by Gasteiger charge is 2.26. The van der Waals surface area contributed by atoms with Gasteiger partial charge in [-0.2, -0.15) is 0 Å². The Hall–Kier alpha value is -2.95. The minimum absolute atomic E-state index is 0.0325. The molecule has 0 aliphatic carbocycles. The predicted octanol–water partition coefficient (Wildman–Crippen LogP) is 2.33. The van der Waals surface area contributed by atoms with Crippen LogP contribution in [0.15, 0.2) is 47.1 Å². The molecule has 4 rings (SSSR count). The van der Waals surface area contributed by atoms with Crippen LogP contribution in [0.1, 0.15) is 21.7 Å². The maximum absolute atomic E-state index is 12.6. The van der Waals surface area contributed by atoms with Gasteiger partial charge in [-0.15, -0.1) is 0 Å². The highest BCUT2D eigenvalue weighted by Crippen LogP contribution is 2.28. The average Bonchev–Trinajstić information content (AvgIpc) is 3.21. The molecule has 1 N–H and O–H groups in total. The van der Waals surface area contributed by atoms with E-state index < -0.39 is 9.84 Å². The van der Waals surface area contributed by atoms with Crippen molar-refractivity contribution in [1.29, 1.82) is 0 Å². The van der Waals surface area contributed by atoms with Crippen molar-refractivity contribution in [3.8, 4) is 17.1 Å². The van der Waals surface area contributed by atoms with E-state index in [2.05, 4.69) is 10.1 Å². The zero-order chi connectivity index (χ0) is 22.7. The number of hydrogen-bond donors (Lipinski definition) is 1. The van der Waals surface area contributed by atoms with Crippen molar-refractivity contribution in [2.75, 3.05) is 24.6 Å². The summed E-state index contributed by atoms with van der Waals surface area (Å²) in [4.78, 5) is 18.2. The summed E-state index contributed by atoms with van der Waals surface area (Å²) in [7, 11) is -3.07. The molecule has 1 amide bonds. The van der Waals surface area contributed by atoms with Gasteiger partial charge in [0.25, 0.3) is 5.91 Å². The fourth-order valence-corrected chi connectivity index (χ4v) is 4.61. The summed E-state index contributed by atoms with van der Waals surface area (Å²) in [5.74, 6) is 0.215. The maximum Gasteiger partial charge on any atom is 0.255 e. The Bertz CT molecular complexity index is 1200. The number of carbonyl (C=O) groups excluding carboxylic acids is 1. The summed E-state index contributed by atoms with van der Waals surface area (Å²) >= 11 is 5.94. The van der Waals surface area contributed by atoms with Gasteiger partial charge in [0.2, 0.25) is 5.88 Å². The van der Waals surface area contributed by atoms with E-state index in [1.807, 2.05) is 0 Å². The third-order valence-corrected chi connectivity index (χ3v) is 6.97. The summed E-state index contributed by atoms with van der Waals surface area (Å²) in [6.45, 7) is 0.0436. The largest absolute Gasteiger partial charge is 0.473 e. The SMILES string of the molecule is O=C(c1ccc(OCc2c(-c3ccc(Cl)cc3)noc2CO)nc1)N1CCS(=O)(=O)CC1. The Morgan fingerprint density at radius 1 is 1.16 bits per heavy atom. The normalized spacial score (nSPS) is 15.5. The van der Waals surface area contributed by atoms with Crippen molar-refractivity contribution in [2.24, 2.45) is 0 Å². The number of pyridine rings is 1. The molecule has 0 radical (unpaired) electrons. The van der Waals surface area contributed by atoms with Crippen LogP contribution in [0.3, 0.4) is 0 Å². The minimum Gasteiger partial charge on any atom is -0.473 e. The van der Waals surface area contributed by atoms with Gasteiger partial charge in [0.05, 0.1) is 22.6 Å². The van der Waals surface area contributed by atoms with Gasteiger partial charge in [0.1, 0.15) is 18.9 Å². The van der Waals surface area contributed by atoms with Crippen molar-refractivity contribution in [2.45, 2.75) is 13.2 Å². The van der Waals surface area contributed by atoms with Crippen molar-refractivity contribution in [3.05, 3.63) is 64.5 Å². The van der Waals surface area contributed by atoms with E-state index in [0.29, 0.717) is 21.8 Å². The molecule has 0 unspecified atom stereocenters. The van der Waals surface area contributed by atoms with Gasteiger partial charge in [-0.25, -0.2) is 13.4 Å². The Kier molecular flexibility index (Phi) is 6.45. The molecule has 9 nitrogen and oxygen atoms in total. The lowest BCUT2D eigenvalue weighted by Gasteiger charge is -2.26. The van der Waals surface area contributed by atoms with E-state index in [-0.39, 0.29) is 55.4 Å². The lowest BCUT2D eigenvalue weighted by molar-refractivity contribution is 0.0769. The zero-order valence-electron chi connectivity index (χ0n) is 16.9. The first kappa shape index (κ1) is 22.3. The highest BCUT2D eigenvalue weighted by atomic mass is 35.5. The fourth-order valence-electron chi connectivity index (χ4n) is 3.29. The van der Waals surface area contributed by atoms with Crippen LogP contribution < -0.4 is 4.74 Å². The Balaban J connectivity index is 1.44. The number of carbonyl (C=O) groups is 1. The Morgan fingerprint density at radius 2 is 1.88 bits per heavy atom. The third-order valence-electron chi connectivity index (χ3n) is 5.11. The molecule has 3 aromatic rings. The van der Waals surface area contributed by atoms with E-state index in [4.69, 9.17) is 20.9 Å². The number of rotatable bonds is 6. The van der Waals surface area contributed by atoms with Gasteiger partial charge in [-0.1, -0.05) is 28.9 Å². The summed E-state index contributed by atoms with van der Waals surface area (Å²) in [5.41, 5.74) is 2.21. The lowest BCUT2D eigenvalue weighted by atomic mass is 10.1. The van der Waals surface area contributed by atoms with E-state index >= 15 is 0 Å². The van der Waals surface area contributed by atoms with E-state index in [1.165, 1.54) is 11.1 Å². The molecule has 0 atom stereocenters. The minimum atomic E-state index is -3.07. The number of nitrogens with zero attached hydrogens (tertiary/aromatic N) is 3. The lowest BCUT2D eigenvalue weighted by Crippen LogP contribution is -2.43. The number of aliphatic hydroxyl groups is 1. The van der Waals surface area contributed by atoms with Crippen LogP contribution in [-0.2, 0) is 23.1 Å². The smallest absolute Gasteiger partial charge is 0.255 e. The van der Waals surface area contributed by atoms with E-state index in [0.717, 1.165) is 5.56 Å². The Morgan fingerprint density at radius 3 is 2.50 bits per heavy atom. The fraction of sp³-hybridized carbons (Fsp3) is 0.286. The molecular weight excluding hydrogens is 458 g/mol. The molecule has 11 heteroatoms. The van der Waals surface area contributed by atoms with Gasteiger partial charge in [0.15, 0.2) is 15.6 Å². The second kappa shape index (κ2) is 9.27. The van der Waals surface area contributed by atoms with Gasteiger partial charge in [-0.05, 0) is 18.2 Å². The molecule has 0 spiro atoms. The quantitative estimate of drug-likeness (QED) is 0.573. The van der Waals surface area contributed by atoms with Crippen LogP contribution in [-0.4, -0.2) is 59.1 Å². The van der Waals surface area contributed by atoms with Crippen molar-refractivity contribution >= 4 is 27.3 Å². The monoisotopic (exact) mass is 477 g/mol. The molecule has 1 fully saturated rings. The first-order valence-corrected chi connectivity index (χ1v) is 12.0. The molecule has 1 aliphatic heterocycles. The summed E-state index contributed by atoms with van der Waals surface area (Å²) < 4.78 is 34.0. The molecular formula is C21H20ClN3O6S. The van der Waals surface area contributed by atoms with Crippen LogP contribution >= 0.6 is 11.6 Å². The molecule has 3 heterocycles. The summed E-state index contributed by atoms with van der Waals surface area (Å²) in [5, 5.41) is 14.2. The van der Waals surface area contributed by atoms with Gasteiger partial charge in [0, 0.05) is 35.9 Å². The standard InChI is InChI=1S/C21H20ClN3O6S/c22-16-4-1-14(2-5-16)20-17(18(12-26)31-24-20)13-30-19-6-3-15(11-23-19)21(27)25-7-9-32(28,29)10-8-25/h1-6,11,26H,7-10,12-13H2. The number of aromatic nitrogens is 2.